The van der Waals surface area contributed by atoms with Crippen LogP contribution in [0.1, 0.15) is 21.5 Å². The first-order valence-electron chi connectivity index (χ1n) is 8.96. The Balaban J connectivity index is 1.93. The molecule has 0 atom stereocenters. The lowest BCUT2D eigenvalue weighted by Gasteiger charge is -2.17. The van der Waals surface area contributed by atoms with Crippen LogP contribution in [0.2, 0.25) is 0 Å². The Kier molecular flexibility index (Phi) is 4.38. The van der Waals surface area contributed by atoms with Gasteiger partial charge in [0.25, 0.3) is 0 Å². The van der Waals surface area contributed by atoms with E-state index in [1.807, 2.05) is 50.4 Å². The van der Waals surface area contributed by atoms with Gasteiger partial charge in [-0.15, -0.1) is 0 Å². The first-order chi connectivity index (χ1) is 13.5. The minimum Gasteiger partial charge on any atom is -0.325 e. The molecule has 0 fully saturated rings. The van der Waals surface area contributed by atoms with Gasteiger partial charge in [-0.25, -0.2) is 4.85 Å². The molecular weight excluding hydrogens is 350 g/mol. The lowest BCUT2D eigenvalue weighted by atomic mass is 9.91. The highest BCUT2D eigenvalue weighted by Crippen LogP contribution is 2.39. The Bertz CT molecular complexity index is 1180. The molecule has 0 unspecified atom stereocenters. The average molecular weight is 369 g/mol. The van der Waals surface area contributed by atoms with Gasteiger partial charge in [0, 0.05) is 35.8 Å². The van der Waals surface area contributed by atoms with Crippen molar-refractivity contribution in [1.82, 2.24) is 9.78 Å². The van der Waals surface area contributed by atoms with Crippen molar-refractivity contribution in [3.8, 4) is 22.4 Å². The molecule has 4 rings (SSSR count). The third kappa shape index (κ3) is 2.73. The Labute approximate surface area is 163 Å². The van der Waals surface area contributed by atoms with Crippen LogP contribution in [0.15, 0.2) is 47.6 Å². The van der Waals surface area contributed by atoms with Crippen LogP contribution in [0.25, 0.3) is 27.2 Å². The molecule has 3 aromatic rings. The molecule has 28 heavy (non-hydrogen) atoms. The second-order valence-corrected chi connectivity index (χ2v) is 6.76. The number of aryl methyl sites for hydroxylation is 2. The van der Waals surface area contributed by atoms with Gasteiger partial charge in [-0.2, -0.15) is 5.10 Å². The van der Waals surface area contributed by atoms with Crippen LogP contribution in [0.3, 0.4) is 0 Å². The molecule has 0 radical (unpaired) electrons. The first-order valence-corrected chi connectivity index (χ1v) is 8.96. The van der Waals surface area contributed by atoms with Crippen molar-refractivity contribution < 1.29 is 4.79 Å². The van der Waals surface area contributed by atoms with E-state index in [9.17, 15) is 4.79 Å². The number of fused-ring (bicyclic) bond motifs is 1. The van der Waals surface area contributed by atoms with Crippen molar-refractivity contribution in [3.05, 3.63) is 70.7 Å². The number of rotatable bonds is 3. The molecule has 0 aliphatic carbocycles. The van der Waals surface area contributed by atoms with Gasteiger partial charge in [-0.05, 0) is 24.1 Å². The number of nitrogens with two attached hydrogens (primary N) is 1. The molecule has 1 aliphatic heterocycles. The van der Waals surface area contributed by atoms with E-state index in [2.05, 4.69) is 14.9 Å². The van der Waals surface area contributed by atoms with Crippen molar-refractivity contribution in [1.29, 1.82) is 0 Å². The zero-order chi connectivity index (χ0) is 19.8. The van der Waals surface area contributed by atoms with E-state index in [1.165, 1.54) is 0 Å². The molecule has 2 aromatic carbocycles. The number of ketones is 1. The molecule has 0 bridgehead atoms. The van der Waals surface area contributed by atoms with Gasteiger partial charge in [0.1, 0.15) is 6.54 Å². The van der Waals surface area contributed by atoms with Gasteiger partial charge in [-0.3, -0.25) is 14.5 Å². The van der Waals surface area contributed by atoms with Gasteiger partial charge in [-0.1, -0.05) is 30.3 Å². The number of carbonyl (C=O) groups is 1. The molecule has 138 valence electrons. The van der Waals surface area contributed by atoms with E-state index < -0.39 is 0 Å². The summed E-state index contributed by atoms with van der Waals surface area (Å²) < 4.78 is 1.78. The maximum Gasteiger partial charge on any atom is 0.199 e. The largest absolute Gasteiger partial charge is 0.325 e. The molecule has 6 heteroatoms. The van der Waals surface area contributed by atoms with E-state index in [0.717, 1.165) is 39.2 Å². The highest BCUT2D eigenvalue weighted by atomic mass is 16.1. The SMILES string of the molecule is [C-]#[N+]c1c(C)cccc1-c1c(-c2ccc3c(c2)C(CN)=NCC3=O)cnn1C. The Hall–Kier alpha value is -3.56. The maximum absolute atomic E-state index is 12.2. The molecule has 0 saturated heterocycles. The van der Waals surface area contributed by atoms with E-state index in [1.54, 1.807) is 10.9 Å². The quantitative estimate of drug-likeness (QED) is 0.717. The summed E-state index contributed by atoms with van der Waals surface area (Å²) in [4.78, 5) is 20.3. The molecule has 0 amide bonds. The third-order valence-corrected chi connectivity index (χ3v) is 5.09. The second-order valence-electron chi connectivity index (χ2n) is 6.76. The third-order valence-electron chi connectivity index (χ3n) is 5.09. The summed E-state index contributed by atoms with van der Waals surface area (Å²) in [5.41, 5.74) is 13.1. The number of aromatic nitrogens is 2. The van der Waals surface area contributed by atoms with Crippen molar-refractivity contribution in [2.45, 2.75) is 6.92 Å². The predicted octanol–water partition coefficient (Wildman–Crippen LogP) is 3.56. The van der Waals surface area contributed by atoms with Gasteiger partial charge >= 0.3 is 0 Å². The van der Waals surface area contributed by atoms with Crippen LogP contribution in [0, 0.1) is 13.5 Å². The Morgan fingerprint density at radius 3 is 2.75 bits per heavy atom. The van der Waals surface area contributed by atoms with Crippen LogP contribution >= 0.6 is 0 Å². The molecule has 2 heterocycles. The molecule has 0 spiro atoms. The number of para-hydroxylation sites is 1. The van der Waals surface area contributed by atoms with Crippen LogP contribution in [-0.4, -0.2) is 34.4 Å². The van der Waals surface area contributed by atoms with Gasteiger partial charge in [0.2, 0.25) is 0 Å². The molecule has 6 nitrogen and oxygen atoms in total. The van der Waals surface area contributed by atoms with Crippen LogP contribution in [-0.2, 0) is 7.05 Å². The smallest absolute Gasteiger partial charge is 0.199 e. The lowest BCUT2D eigenvalue weighted by molar-refractivity contribution is 0.1000. The zero-order valence-corrected chi connectivity index (χ0v) is 15.7. The number of hydrogen-bond donors (Lipinski definition) is 1. The van der Waals surface area contributed by atoms with E-state index >= 15 is 0 Å². The molecular formula is C22H19N5O. The van der Waals surface area contributed by atoms with Crippen molar-refractivity contribution in [2.75, 3.05) is 13.1 Å². The van der Waals surface area contributed by atoms with E-state index in [-0.39, 0.29) is 18.9 Å². The summed E-state index contributed by atoms with van der Waals surface area (Å²) in [7, 11) is 1.86. The first kappa shape index (κ1) is 17.8. The normalized spacial score (nSPS) is 13.1. The summed E-state index contributed by atoms with van der Waals surface area (Å²) in [5, 5.41) is 4.43. The maximum atomic E-state index is 12.2. The molecule has 0 saturated carbocycles. The standard InChI is InChI=1S/C22H19N5O/c1-13-5-4-6-16(21(13)24-2)22-18(11-26-27(22)3)14-7-8-15-17(9-14)19(10-23)25-12-20(15)28/h4-9,11H,10,12,23H2,1,3H3. The number of aliphatic imine (C=N–C) groups is 1. The summed E-state index contributed by atoms with van der Waals surface area (Å²) >= 11 is 0. The average Bonchev–Trinajstić information content (AvgIpc) is 3.09. The lowest BCUT2D eigenvalue weighted by Crippen LogP contribution is -2.24. The number of Topliss-reactive ketones (excluding diaryl/α,β-unsaturated/α-hetero) is 1. The molecule has 2 N–H and O–H groups in total. The Morgan fingerprint density at radius 2 is 2.00 bits per heavy atom. The van der Waals surface area contributed by atoms with Crippen molar-refractivity contribution in [3.63, 3.8) is 0 Å². The number of hydrogen-bond acceptors (Lipinski definition) is 4. The van der Waals surface area contributed by atoms with E-state index in [4.69, 9.17) is 12.3 Å². The minimum absolute atomic E-state index is 0.000799. The summed E-state index contributed by atoms with van der Waals surface area (Å²) in [5.74, 6) is -0.000799. The van der Waals surface area contributed by atoms with Gasteiger partial charge in [0.05, 0.1) is 24.2 Å². The topological polar surface area (TPSA) is 77.6 Å². The second kappa shape index (κ2) is 6.87. The van der Waals surface area contributed by atoms with Gasteiger partial charge < -0.3 is 5.73 Å². The number of benzene rings is 2. The predicted molar refractivity (Wildman–Crippen MR) is 110 cm³/mol. The minimum atomic E-state index is -0.000799. The summed E-state index contributed by atoms with van der Waals surface area (Å²) in [6.07, 6.45) is 1.79. The number of nitrogens with zero attached hydrogens (tertiary/aromatic N) is 4. The van der Waals surface area contributed by atoms with Crippen LogP contribution < -0.4 is 5.73 Å². The summed E-state index contributed by atoms with van der Waals surface area (Å²) in [6.45, 7) is 9.96. The summed E-state index contributed by atoms with van der Waals surface area (Å²) in [6, 6.07) is 11.5. The van der Waals surface area contributed by atoms with Crippen molar-refractivity contribution in [2.24, 2.45) is 17.8 Å². The van der Waals surface area contributed by atoms with Crippen LogP contribution in [0.5, 0.6) is 0 Å². The van der Waals surface area contributed by atoms with Gasteiger partial charge in [0.15, 0.2) is 11.5 Å². The monoisotopic (exact) mass is 369 g/mol. The van der Waals surface area contributed by atoms with E-state index in [0.29, 0.717) is 11.3 Å². The highest BCUT2D eigenvalue weighted by molar-refractivity contribution is 6.16. The molecule has 1 aliphatic rings. The Morgan fingerprint density at radius 1 is 1.18 bits per heavy atom. The molecule has 1 aromatic heterocycles. The van der Waals surface area contributed by atoms with Crippen LogP contribution in [0.4, 0.5) is 5.69 Å². The zero-order valence-electron chi connectivity index (χ0n) is 15.7. The highest BCUT2D eigenvalue weighted by Gasteiger charge is 2.22. The number of carbonyl (C=O) groups excluding carboxylic acids is 1. The fourth-order valence-electron chi connectivity index (χ4n) is 3.67. The van der Waals surface area contributed by atoms with Crippen molar-refractivity contribution >= 4 is 17.2 Å². The fraction of sp³-hybridized carbons (Fsp3) is 0.182. The fourth-order valence-corrected chi connectivity index (χ4v) is 3.67.